The number of carbonyl (C=O) groups is 1. The van der Waals surface area contributed by atoms with Gasteiger partial charge in [0.2, 0.25) is 5.91 Å². The number of rotatable bonds is 4. The van der Waals surface area contributed by atoms with Crippen LogP contribution in [0.2, 0.25) is 0 Å². The number of primary amides is 1. The van der Waals surface area contributed by atoms with Gasteiger partial charge in [-0.3, -0.25) is 4.79 Å². The number of nitrogens with two attached hydrogens (primary N) is 1. The molecule has 3 heteroatoms. The van der Waals surface area contributed by atoms with Gasteiger partial charge < -0.3 is 11.1 Å². The maximum absolute atomic E-state index is 11.1. The number of hydrogen-bond donors (Lipinski definition) is 2. The normalized spacial score (nSPS) is 27.7. The van der Waals surface area contributed by atoms with Crippen molar-refractivity contribution in [2.75, 3.05) is 6.54 Å². The Balaban J connectivity index is 2.29. The monoisotopic (exact) mass is 212 g/mol. The summed E-state index contributed by atoms with van der Waals surface area (Å²) >= 11 is 0. The minimum absolute atomic E-state index is 0.104. The van der Waals surface area contributed by atoms with Crippen LogP contribution in [0, 0.1) is 11.8 Å². The molecule has 15 heavy (non-hydrogen) atoms. The summed E-state index contributed by atoms with van der Waals surface area (Å²) in [5, 5.41) is 3.47. The van der Waals surface area contributed by atoms with Crippen molar-refractivity contribution in [3.05, 3.63) is 0 Å². The molecule has 1 amide bonds. The molecule has 0 aromatic carbocycles. The highest BCUT2D eigenvalue weighted by Gasteiger charge is 2.22. The lowest BCUT2D eigenvalue weighted by molar-refractivity contribution is -0.122. The Labute approximate surface area is 92.8 Å². The highest BCUT2D eigenvalue weighted by molar-refractivity contribution is 5.76. The molecule has 3 N–H and O–H groups in total. The summed E-state index contributed by atoms with van der Waals surface area (Å²) < 4.78 is 0. The lowest BCUT2D eigenvalue weighted by Gasteiger charge is -2.16. The standard InChI is InChI=1S/C12H24N2O/c1-9(2)14-8-10-4-3-5-11(7-6-10)12(13)15/h9-11,14H,3-8H2,1-2H3,(H2,13,15). The van der Waals surface area contributed by atoms with Gasteiger partial charge in [-0.2, -0.15) is 0 Å². The summed E-state index contributed by atoms with van der Waals surface area (Å²) in [6, 6.07) is 0.556. The Kier molecular flexibility index (Phi) is 5.09. The molecule has 2 unspecified atom stereocenters. The van der Waals surface area contributed by atoms with Crippen LogP contribution in [0.1, 0.15) is 46.0 Å². The fourth-order valence-electron chi connectivity index (χ4n) is 2.27. The molecular formula is C12H24N2O. The first-order chi connectivity index (χ1) is 7.09. The molecule has 0 heterocycles. The molecule has 2 atom stereocenters. The van der Waals surface area contributed by atoms with Gasteiger partial charge in [-0.05, 0) is 38.1 Å². The summed E-state index contributed by atoms with van der Waals surface area (Å²) in [7, 11) is 0. The molecular weight excluding hydrogens is 188 g/mol. The fourth-order valence-corrected chi connectivity index (χ4v) is 2.27. The van der Waals surface area contributed by atoms with E-state index < -0.39 is 0 Å². The minimum atomic E-state index is -0.104. The van der Waals surface area contributed by atoms with Gasteiger partial charge in [-0.15, -0.1) is 0 Å². The first-order valence-electron chi connectivity index (χ1n) is 6.12. The highest BCUT2D eigenvalue weighted by atomic mass is 16.1. The molecule has 88 valence electrons. The summed E-state index contributed by atoms with van der Waals surface area (Å²) in [5.74, 6) is 0.762. The van der Waals surface area contributed by atoms with Crippen molar-refractivity contribution in [1.29, 1.82) is 0 Å². The molecule has 0 spiro atoms. The molecule has 0 aromatic heterocycles. The minimum Gasteiger partial charge on any atom is -0.369 e. The van der Waals surface area contributed by atoms with Crippen LogP contribution in [-0.2, 0) is 4.79 Å². The van der Waals surface area contributed by atoms with Gasteiger partial charge in [-0.25, -0.2) is 0 Å². The predicted molar refractivity (Wildman–Crippen MR) is 62.4 cm³/mol. The van der Waals surface area contributed by atoms with E-state index in [4.69, 9.17) is 5.73 Å². The van der Waals surface area contributed by atoms with E-state index in [2.05, 4.69) is 19.2 Å². The summed E-state index contributed by atoms with van der Waals surface area (Å²) in [5.41, 5.74) is 5.35. The van der Waals surface area contributed by atoms with Gasteiger partial charge in [0.05, 0.1) is 0 Å². The van der Waals surface area contributed by atoms with Crippen molar-refractivity contribution < 1.29 is 4.79 Å². The van der Waals surface area contributed by atoms with Crippen LogP contribution in [0.3, 0.4) is 0 Å². The number of hydrogen-bond acceptors (Lipinski definition) is 2. The van der Waals surface area contributed by atoms with Crippen LogP contribution < -0.4 is 11.1 Å². The van der Waals surface area contributed by atoms with E-state index >= 15 is 0 Å². The van der Waals surface area contributed by atoms with Gasteiger partial charge in [0.15, 0.2) is 0 Å². The molecule has 1 fully saturated rings. The fraction of sp³-hybridized carbons (Fsp3) is 0.917. The summed E-state index contributed by atoms with van der Waals surface area (Å²) in [4.78, 5) is 11.1. The second-order valence-electron chi connectivity index (χ2n) is 5.04. The van der Waals surface area contributed by atoms with E-state index in [0.717, 1.165) is 38.1 Å². The largest absolute Gasteiger partial charge is 0.369 e. The number of amides is 1. The second kappa shape index (κ2) is 6.11. The molecule has 0 bridgehead atoms. The third kappa shape index (κ3) is 4.65. The molecule has 0 aromatic rings. The average molecular weight is 212 g/mol. The number of carbonyl (C=O) groups excluding carboxylic acids is 1. The molecule has 1 saturated carbocycles. The molecule has 0 aliphatic heterocycles. The first kappa shape index (κ1) is 12.5. The van der Waals surface area contributed by atoms with E-state index in [0.29, 0.717) is 6.04 Å². The second-order valence-corrected chi connectivity index (χ2v) is 5.04. The average Bonchev–Trinajstić information content (AvgIpc) is 2.39. The lowest BCUT2D eigenvalue weighted by atomic mass is 9.97. The highest BCUT2D eigenvalue weighted by Crippen LogP contribution is 2.26. The zero-order valence-corrected chi connectivity index (χ0v) is 9.96. The van der Waals surface area contributed by atoms with E-state index in [1.54, 1.807) is 0 Å². The SMILES string of the molecule is CC(C)NCC1CCCC(C(N)=O)CC1. The van der Waals surface area contributed by atoms with Crippen LogP contribution in [0.25, 0.3) is 0 Å². The van der Waals surface area contributed by atoms with Crippen molar-refractivity contribution in [1.82, 2.24) is 5.32 Å². The zero-order chi connectivity index (χ0) is 11.3. The van der Waals surface area contributed by atoms with E-state index in [9.17, 15) is 4.79 Å². The van der Waals surface area contributed by atoms with Crippen LogP contribution >= 0.6 is 0 Å². The molecule has 1 aliphatic carbocycles. The van der Waals surface area contributed by atoms with Gasteiger partial charge >= 0.3 is 0 Å². The van der Waals surface area contributed by atoms with Crippen LogP contribution in [0.5, 0.6) is 0 Å². The van der Waals surface area contributed by atoms with E-state index in [1.807, 2.05) is 0 Å². The third-order valence-corrected chi connectivity index (χ3v) is 3.31. The Morgan fingerprint density at radius 1 is 1.33 bits per heavy atom. The maximum atomic E-state index is 11.1. The Hall–Kier alpha value is -0.570. The quantitative estimate of drug-likeness (QED) is 0.696. The van der Waals surface area contributed by atoms with Crippen LogP contribution in [-0.4, -0.2) is 18.5 Å². The first-order valence-corrected chi connectivity index (χ1v) is 6.12. The maximum Gasteiger partial charge on any atom is 0.220 e. The third-order valence-electron chi connectivity index (χ3n) is 3.31. The zero-order valence-electron chi connectivity index (χ0n) is 9.96. The van der Waals surface area contributed by atoms with E-state index in [-0.39, 0.29) is 11.8 Å². The summed E-state index contributed by atoms with van der Waals surface area (Å²) in [6.07, 6.45) is 5.52. The molecule has 0 saturated heterocycles. The molecule has 0 radical (unpaired) electrons. The Bertz CT molecular complexity index is 204. The topological polar surface area (TPSA) is 55.1 Å². The Morgan fingerprint density at radius 3 is 2.67 bits per heavy atom. The molecule has 1 rings (SSSR count). The van der Waals surface area contributed by atoms with Crippen molar-refractivity contribution in [3.63, 3.8) is 0 Å². The summed E-state index contributed by atoms with van der Waals surface area (Å²) in [6.45, 7) is 5.43. The smallest absolute Gasteiger partial charge is 0.220 e. The predicted octanol–water partition coefficient (Wildman–Crippen LogP) is 1.67. The van der Waals surface area contributed by atoms with Crippen molar-refractivity contribution in [2.24, 2.45) is 17.6 Å². The van der Waals surface area contributed by atoms with Gasteiger partial charge in [0.1, 0.15) is 0 Å². The van der Waals surface area contributed by atoms with Gasteiger partial charge in [0.25, 0.3) is 0 Å². The van der Waals surface area contributed by atoms with Gasteiger partial charge in [-0.1, -0.05) is 20.3 Å². The van der Waals surface area contributed by atoms with Gasteiger partial charge in [0, 0.05) is 12.0 Å². The lowest BCUT2D eigenvalue weighted by Crippen LogP contribution is -2.29. The van der Waals surface area contributed by atoms with Crippen LogP contribution in [0.4, 0.5) is 0 Å². The van der Waals surface area contributed by atoms with Crippen molar-refractivity contribution >= 4 is 5.91 Å². The number of nitrogens with one attached hydrogen (secondary N) is 1. The van der Waals surface area contributed by atoms with E-state index in [1.165, 1.54) is 6.42 Å². The molecule has 3 nitrogen and oxygen atoms in total. The Morgan fingerprint density at radius 2 is 2.07 bits per heavy atom. The van der Waals surface area contributed by atoms with Crippen molar-refractivity contribution in [2.45, 2.75) is 52.0 Å². The van der Waals surface area contributed by atoms with Crippen molar-refractivity contribution in [3.8, 4) is 0 Å². The van der Waals surface area contributed by atoms with Crippen LogP contribution in [0.15, 0.2) is 0 Å². The molecule has 1 aliphatic rings.